The third-order valence-corrected chi connectivity index (χ3v) is 3.71. The number of hydrogen-bond acceptors (Lipinski definition) is 4. The molecule has 24 heavy (non-hydrogen) atoms. The Bertz CT molecular complexity index is 902. The summed E-state index contributed by atoms with van der Waals surface area (Å²) in [7, 11) is 0. The lowest BCUT2D eigenvalue weighted by Crippen LogP contribution is -2.33. The summed E-state index contributed by atoms with van der Waals surface area (Å²) in [6.07, 6.45) is 1.52. The standard InChI is InChI=1S/C17H14ClN3O3/c1-11(17(23)19-13-6-4-12(18)5-7-13)21-16(22)9-8-14(20-21)15-3-2-10-24-15/h2-11H,1H3,(H,19,23). The van der Waals surface area contributed by atoms with E-state index in [4.69, 9.17) is 16.0 Å². The Morgan fingerprint density at radius 3 is 2.62 bits per heavy atom. The molecule has 0 aliphatic rings. The van der Waals surface area contributed by atoms with Crippen LogP contribution in [0.15, 0.2) is 64.0 Å². The van der Waals surface area contributed by atoms with Gasteiger partial charge in [-0.25, -0.2) is 4.68 Å². The molecule has 6 nitrogen and oxygen atoms in total. The van der Waals surface area contributed by atoms with Crippen molar-refractivity contribution < 1.29 is 9.21 Å². The first kappa shape index (κ1) is 16.0. The number of halogens is 1. The van der Waals surface area contributed by atoms with Crippen LogP contribution in [-0.2, 0) is 4.79 Å². The number of nitrogens with one attached hydrogen (secondary N) is 1. The molecule has 0 saturated heterocycles. The number of carbonyl (C=O) groups excluding carboxylic acids is 1. The molecular weight excluding hydrogens is 330 g/mol. The zero-order valence-corrected chi connectivity index (χ0v) is 13.5. The van der Waals surface area contributed by atoms with E-state index in [1.807, 2.05) is 0 Å². The van der Waals surface area contributed by atoms with Crippen LogP contribution in [0.2, 0.25) is 5.02 Å². The molecular formula is C17H14ClN3O3. The van der Waals surface area contributed by atoms with Gasteiger partial charge in [-0.1, -0.05) is 11.6 Å². The number of hydrogen-bond donors (Lipinski definition) is 1. The fraction of sp³-hybridized carbons (Fsp3) is 0.118. The smallest absolute Gasteiger partial charge is 0.267 e. The minimum atomic E-state index is -0.789. The van der Waals surface area contributed by atoms with Crippen LogP contribution in [0.3, 0.4) is 0 Å². The molecule has 0 spiro atoms. The van der Waals surface area contributed by atoms with Gasteiger partial charge in [-0.15, -0.1) is 0 Å². The summed E-state index contributed by atoms with van der Waals surface area (Å²) in [5.74, 6) is 0.164. The number of rotatable bonds is 4. The van der Waals surface area contributed by atoms with E-state index in [1.54, 1.807) is 49.4 Å². The van der Waals surface area contributed by atoms with Crippen LogP contribution in [0.25, 0.3) is 11.5 Å². The molecule has 1 aromatic carbocycles. The predicted molar refractivity (Wildman–Crippen MR) is 91.0 cm³/mol. The fourth-order valence-corrected chi connectivity index (χ4v) is 2.28. The van der Waals surface area contributed by atoms with Gasteiger partial charge in [0.25, 0.3) is 5.56 Å². The quantitative estimate of drug-likeness (QED) is 0.788. The maximum Gasteiger partial charge on any atom is 0.267 e. The molecule has 1 atom stereocenters. The third-order valence-electron chi connectivity index (χ3n) is 3.46. The monoisotopic (exact) mass is 343 g/mol. The first-order valence-corrected chi connectivity index (χ1v) is 7.62. The fourth-order valence-electron chi connectivity index (χ4n) is 2.15. The summed E-state index contributed by atoms with van der Waals surface area (Å²) in [4.78, 5) is 24.4. The van der Waals surface area contributed by atoms with Crippen molar-refractivity contribution in [3.05, 3.63) is 70.2 Å². The normalized spacial score (nSPS) is 11.9. The number of aromatic nitrogens is 2. The zero-order chi connectivity index (χ0) is 17.1. The third kappa shape index (κ3) is 3.38. The van der Waals surface area contributed by atoms with Crippen molar-refractivity contribution in [3.63, 3.8) is 0 Å². The molecule has 3 aromatic rings. The first-order valence-electron chi connectivity index (χ1n) is 7.25. The average molecular weight is 344 g/mol. The summed E-state index contributed by atoms with van der Waals surface area (Å²) in [6.45, 7) is 1.60. The number of amides is 1. The summed E-state index contributed by atoms with van der Waals surface area (Å²) in [5.41, 5.74) is 0.696. The van der Waals surface area contributed by atoms with Crippen LogP contribution in [0.5, 0.6) is 0 Å². The number of carbonyl (C=O) groups is 1. The van der Waals surface area contributed by atoms with E-state index in [-0.39, 0.29) is 11.5 Å². The van der Waals surface area contributed by atoms with Crippen molar-refractivity contribution in [3.8, 4) is 11.5 Å². The van der Waals surface area contributed by atoms with E-state index in [1.165, 1.54) is 12.3 Å². The van der Waals surface area contributed by atoms with Crippen LogP contribution in [0.1, 0.15) is 13.0 Å². The van der Waals surface area contributed by atoms with Crippen molar-refractivity contribution in [1.29, 1.82) is 0 Å². The van der Waals surface area contributed by atoms with Crippen LogP contribution >= 0.6 is 11.6 Å². The Morgan fingerprint density at radius 2 is 1.96 bits per heavy atom. The van der Waals surface area contributed by atoms with Gasteiger partial charge in [0.1, 0.15) is 11.7 Å². The van der Waals surface area contributed by atoms with Gasteiger partial charge in [0.2, 0.25) is 5.91 Å². The van der Waals surface area contributed by atoms with Gasteiger partial charge in [-0.3, -0.25) is 9.59 Å². The van der Waals surface area contributed by atoms with Gasteiger partial charge in [0.05, 0.1) is 6.26 Å². The molecule has 0 aliphatic carbocycles. The van der Waals surface area contributed by atoms with E-state index in [0.717, 1.165) is 4.68 Å². The van der Waals surface area contributed by atoms with Gasteiger partial charge in [0, 0.05) is 16.8 Å². The maximum absolute atomic E-state index is 12.4. The average Bonchev–Trinajstić information content (AvgIpc) is 3.11. The molecule has 1 unspecified atom stereocenters. The van der Waals surface area contributed by atoms with E-state index in [0.29, 0.717) is 22.2 Å². The van der Waals surface area contributed by atoms with E-state index < -0.39 is 6.04 Å². The number of benzene rings is 1. The van der Waals surface area contributed by atoms with Crippen LogP contribution < -0.4 is 10.9 Å². The van der Waals surface area contributed by atoms with E-state index in [2.05, 4.69) is 10.4 Å². The lowest BCUT2D eigenvalue weighted by molar-refractivity contribution is -0.119. The minimum absolute atomic E-state index is 0.358. The highest BCUT2D eigenvalue weighted by molar-refractivity contribution is 6.30. The Kier molecular flexibility index (Phi) is 4.48. The summed E-state index contributed by atoms with van der Waals surface area (Å²) in [6, 6.07) is 12.3. The summed E-state index contributed by atoms with van der Waals surface area (Å²) in [5, 5.41) is 7.52. The van der Waals surface area contributed by atoms with Gasteiger partial charge < -0.3 is 9.73 Å². The second kappa shape index (κ2) is 6.72. The number of furan rings is 1. The Hall–Kier alpha value is -2.86. The molecule has 2 aromatic heterocycles. The molecule has 7 heteroatoms. The Balaban J connectivity index is 1.84. The van der Waals surface area contributed by atoms with Gasteiger partial charge in [-0.2, -0.15) is 5.10 Å². The maximum atomic E-state index is 12.4. The molecule has 0 fully saturated rings. The second-order valence-electron chi connectivity index (χ2n) is 5.15. The minimum Gasteiger partial charge on any atom is -0.463 e. The van der Waals surface area contributed by atoms with Gasteiger partial charge in [-0.05, 0) is 49.4 Å². The highest BCUT2D eigenvalue weighted by atomic mass is 35.5. The Morgan fingerprint density at radius 1 is 1.21 bits per heavy atom. The lowest BCUT2D eigenvalue weighted by atomic mass is 10.2. The van der Waals surface area contributed by atoms with Crippen molar-refractivity contribution >= 4 is 23.2 Å². The molecule has 1 amide bonds. The highest BCUT2D eigenvalue weighted by Gasteiger charge is 2.18. The molecule has 2 heterocycles. The molecule has 1 N–H and O–H groups in total. The zero-order valence-electron chi connectivity index (χ0n) is 12.8. The Labute approximate surface area is 142 Å². The predicted octanol–water partition coefficient (Wildman–Crippen LogP) is 3.36. The molecule has 0 aliphatic heterocycles. The van der Waals surface area contributed by atoms with E-state index >= 15 is 0 Å². The molecule has 0 saturated carbocycles. The van der Waals surface area contributed by atoms with E-state index in [9.17, 15) is 9.59 Å². The molecule has 3 rings (SSSR count). The summed E-state index contributed by atoms with van der Waals surface area (Å²) >= 11 is 5.82. The number of nitrogens with zero attached hydrogens (tertiary/aromatic N) is 2. The lowest BCUT2D eigenvalue weighted by Gasteiger charge is -2.14. The van der Waals surface area contributed by atoms with Gasteiger partial charge in [0.15, 0.2) is 5.76 Å². The molecule has 0 radical (unpaired) electrons. The second-order valence-corrected chi connectivity index (χ2v) is 5.59. The topological polar surface area (TPSA) is 77.1 Å². The highest BCUT2D eigenvalue weighted by Crippen LogP contribution is 2.17. The van der Waals surface area contributed by atoms with Crippen molar-refractivity contribution in [2.75, 3.05) is 5.32 Å². The van der Waals surface area contributed by atoms with Crippen LogP contribution in [-0.4, -0.2) is 15.7 Å². The molecule has 122 valence electrons. The summed E-state index contributed by atoms with van der Waals surface area (Å²) < 4.78 is 6.40. The van der Waals surface area contributed by atoms with Crippen LogP contribution in [0.4, 0.5) is 5.69 Å². The van der Waals surface area contributed by atoms with Crippen molar-refractivity contribution in [2.24, 2.45) is 0 Å². The molecule has 0 bridgehead atoms. The number of anilines is 1. The first-order chi connectivity index (χ1) is 11.5. The van der Waals surface area contributed by atoms with Gasteiger partial charge >= 0.3 is 0 Å². The largest absolute Gasteiger partial charge is 0.463 e. The SMILES string of the molecule is CC(C(=O)Nc1ccc(Cl)cc1)n1nc(-c2ccco2)ccc1=O. The van der Waals surface area contributed by atoms with Crippen LogP contribution in [0, 0.1) is 0 Å². The van der Waals surface area contributed by atoms with Crippen molar-refractivity contribution in [2.45, 2.75) is 13.0 Å². The van der Waals surface area contributed by atoms with Crippen molar-refractivity contribution in [1.82, 2.24) is 9.78 Å².